The van der Waals surface area contributed by atoms with Gasteiger partial charge in [-0.2, -0.15) is 0 Å². The van der Waals surface area contributed by atoms with Gasteiger partial charge in [0.1, 0.15) is 0 Å². The van der Waals surface area contributed by atoms with Gasteiger partial charge in [0.05, 0.1) is 0 Å². The first-order chi connectivity index (χ1) is 16.9. The quantitative estimate of drug-likeness (QED) is 0.407. The third kappa shape index (κ3) is 7.70. The van der Waals surface area contributed by atoms with E-state index >= 15 is 0 Å². The summed E-state index contributed by atoms with van der Waals surface area (Å²) < 4.78 is 0. The van der Waals surface area contributed by atoms with Gasteiger partial charge in [-0.3, -0.25) is 9.69 Å². The molecule has 0 atom stereocenters. The predicted octanol–water partition coefficient (Wildman–Crippen LogP) is 4.19. The Morgan fingerprint density at radius 3 is 1.80 bits per heavy atom. The smallest absolute Gasteiger partial charge is 0.414 e. The maximum Gasteiger partial charge on any atom is 0.414 e. The molecule has 0 aliphatic carbocycles. The third-order valence-electron chi connectivity index (χ3n) is 5.65. The molecule has 1 amide bonds. The van der Waals surface area contributed by atoms with Gasteiger partial charge >= 0.3 is 11.9 Å². The van der Waals surface area contributed by atoms with Crippen molar-refractivity contribution in [1.82, 2.24) is 9.80 Å². The van der Waals surface area contributed by atoms with Crippen molar-refractivity contribution in [2.75, 3.05) is 32.4 Å². The lowest BCUT2D eigenvalue weighted by Gasteiger charge is -2.34. The van der Waals surface area contributed by atoms with Crippen LogP contribution in [0, 0.1) is 0 Å². The minimum atomic E-state index is -1.82. The van der Waals surface area contributed by atoms with Crippen LogP contribution in [0.3, 0.4) is 0 Å². The summed E-state index contributed by atoms with van der Waals surface area (Å²) in [6.07, 6.45) is 2.10. The summed E-state index contributed by atoms with van der Waals surface area (Å²) in [6.45, 7) is 4.34. The Labute approximate surface area is 209 Å². The van der Waals surface area contributed by atoms with E-state index < -0.39 is 11.9 Å². The number of hydrogen-bond donors (Lipinski definition) is 2. The Hall–Kier alpha value is -3.62. The van der Waals surface area contributed by atoms with Crippen molar-refractivity contribution in [2.24, 2.45) is 0 Å². The monoisotopic (exact) mass is 492 g/mol. The van der Waals surface area contributed by atoms with Gasteiger partial charge in [0, 0.05) is 43.2 Å². The normalized spacial score (nSPS) is 13.5. The molecule has 3 aromatic carbocycles. The van der Waals surface area contributed by atoms with Crippen LogP contribution in [-0.2, 0) is 16.1 Å². The summed E-state index contributed by atoms with van der Waals surface area (Å²) in [6, 6.07) is 27.0. The summed E-state index contributed by atoms with van der Waals surface area (Å²) in [4.78, 5) is 36.8. The molecular weight excluding hydrogens is 464 g/mol. The predicted molar refractivity (Wildman–Crippen MR) is 137 cm³/mol. The Morgan fingerprint density at radius 2 is 1.29 bits per heavy atom. The standard InChI is InChI=1S/C25H26N2OS.C2H2O4/c1-29-24-13-7-20(8-14-24)19-26-15-17-27(18-16-26)25(28)23-11-9-22(10-12-23)21-5-3-2-4-6-21;3-1(4)2(5)6/h2-14H,15-19H2,1H3;(H,3,4)(H,5,6). The molecule has 8 heteroatoms. The highest BCUT2D eigenvalue weighted by molar-refractivity contribution is 7.98. The minimum absolute atomic E-state index is 0.133. The second-order valence-electron chi connectivity index (χ2n) is 7.97. The largest absolute Gasteiger partial charge is 0.473 e. The number of hydrogen-bond acceptors (Lipinski definition) is 5. The van der Waals surface area contributed by atoms with E-state index in [0.717, 1.165) is 43.9 Å². The molecule has 0 spiro atoms. The zero-order valence-electron chi connectivity index (χ0n) is 19.5. The van der Waals surface area contributed by atoms with Crippen molar-refractivity contribution in [2.45, 2.75) is 11.4 Å². The number of piperazine rings is 1. The number of amides is 1. The van der Waals surface area contributed by atoms with Gasteiger partial charge in [0.2, 0.25) is 0 Å². The number of carboxylic acids is 2. The molecule has 0 aromatic heterocycles. The van der Waals surface area contributed by atoms with E-state index in [1.54, 1.807) is 11.8 Å². The number of nitrogens with zero attached hydrogens (tertiary/aromatic N) is 2. The number of aliphatic carboxylic acids is 2. The van der Waals surface area contributed by atoms with E-state index in [-0.39, 0.29) is 5.91 Å². The van der Waals surface area contributed by atoms with Gasteiger partial charge in [-0.15, -0.1) is 11.8 Å². The third-order valence-corrected chi connectivity index (χ3v) is 6.39. The van der Waals surface area contributed by atoms with E-state index in [9.17, 15) is 4.79 Å². The lowest BCUT2D eigenvalue weighted by Crippen LogP contribution is -2.48. The van der Waals surface area contributed by atoms with Gasteiger partial charge in [-0.25, -0.2) is 9.59 Å². The van der Waals surface area contributed by atoms with Crippen LogP contribution in [0.2, 0.25) is 0 Å². The fourth-order valence-corrected chi connectivity index (χ4v) is 4.12. The highest BCUT2D eigenvalue weighted by Crippen LogP contribution is 2.21. The maximum atomic E-state index is 12.9. The average molecular weight is 493 g/mol. The molecule has 3 aromatic rings. The Morgan fingerprint density at radius 1 is 0.743 bits per heavy atom. The molecule has 1 aliphatic rings. The van der Waals surface area contributed by atoms with Gasteiger partial charge in [0.25, 0.3) is 5.91 Å². The number of carboxylic acid groups (broad SMARTS) is 2. The molecule has 7 nitrogen and oxygen atoms in total. The van der Waals surface area contributed by atoms with Crippen LogP contribution < -0.4 is 0 Å². The van der Waals surface area contributed by atoms with Crippen LogP contribution in [0.5, 0.6) is 0 Å². The van der Waals surface area contributed by atoms with E-state index in [2.05, 4.69) is 47.6 Å². The molecule has 1 saturated heterocycles. The Kier molecular flexibility index (Phi) is 9.46. The summed E-state index contributed by atoms with van der Waals surface area (Å²) in [5, 5.41) is 14.8. The summed E-state index contributed by atoms with van der Waals surface area (Å²) in [7, 11) is 0. The molecule has 1 aliphatic heterocycles. The number of carbonyl (C=O) groups is 3. The zero-order valence-corrected chi connectivity index (χ0v) is 20.3. The van der Waals surface area contributed by atoms with E-state index in [0.29, 0.717) is 0 Å². The molecule has 1 fully saturated rings. The van der Waals surface area contributed by atoms with E-state index in [4.69, 9.17) is 19.8 Å². The van der Waals surface area contributed by atoms with Crippen LogP contribution in [-0.4, -0.2) is 70.3 Å². The average Bonchev–Trinajstić information content (AvgIpc) is 2.90. The Balaban J connectivity index is 0.000000509. The van der Waals surface area contributed by atoms with Crippen molar-refractivity contribution >= 4 is 29.6 Å². The molecule has 182 valence electrons. The second kappa shape index (κ2) is 12.7. The first-order valence-corrected chi connectivity index (χ1v) is 12.4. The van der Waals surface area contributed by atoms with Crippen molar-refractivity contribution < 1.29 is 24.6 Å². The number of thioether (sulfide) groups is 1. The SMILES string of the molecule is CSc1ccc(CN2CCN(C(=O)c3ccc(-c4ccccc4)cc3)CC2)cc1.O=C(O)C(=O)O. The van der Waals surface area contributed by atoms with Crippen LogP contribution in [0.15, 0.2) is 83.8 Å². The number of carbonyl (C=O) groups excluding carboxylic acids is 1. The Bertz CT molecular complexity index is 1110. The topological polar surface area (TPSA) is 98.2 Å². The summed E-state index contributed by atoms with van der Waals surface area (Å²) in [5.74, 6) is -3.52. The molecule has 0 radical (unpaired) electrons. The molecule has 4 rings (SSSR count). The first kappa shape index (κ1) is 26.0. The van der Waals surface area contributed by atoms with Crippen molar-refractivity contribution in [3.05, 3.63) is 90.0 Å². The van der Waals surface area contributed by atoms with Crippen LogP contribution in [0.4, 0.5) is 0 Å². The fourth-order valence-electron chi connectivity index (χ4n) is 3.72. The zero-order chi connectivity index (χ0) is 25.2. The van der Waals surface area contributed by atoms with Crippen molar-refractivity contribution in [3.8, 4) is 11.1 Å². The molecular formula is C27H28N2O5S. The fraction of sp³-hybridized carbons (Fsp3) is 0.222. The summed E-state index contributed by atoms with van der Waals surface area (Å²) in [5.41, 5.74) is 4.41. The molecule has 0 saturated carbocycles. The van der Waals surface area contributed by atoms with Gasteiger partial charge < -0.3 is 15.1 Å². The minimum Gasteiger partial charge on any atom is -0.473 e. The van der Waals surface area contributed by atoms with Crippen molar-refractivity contribution in [1.29, 1.82) is 0 Å². The maximum absolute atomic E-state index is 12.9. The summed E-state index contributed by atoms with van der Waals surface area (Å²) >= 11 is 1.77. The van der Waals surface area contributed by atoms with Crippen LogP contribution in [0.25, 0.3) is 11.1 Å². The van der Waals surface area contributed by atoms with Gasteiger partial charge in [-0.1, -0.05) is 54.6 Å². The molecule has 1 heterocycles. The van der Waals surface area contributed by atoms with E-state index in [1.165, 1.54) is 16.0 Å². The highest BCUT2D eigenvalue weighted by atomic mass is 32.2. The number of rotatable bonds is 5. The second-order valence-corrected chi connectivity index (χ2v) is 8.85. The highest BCUT2D eigenvalue weighted by Gasteiger charge is 2.22. The molecule has 2 N–H and O–H groups in total. The first-order valence-electron chi connectivity index (χ1n) is 11.1. The van der Waals surface area contributed by atoms with Crippen LogP contribution in [0.1, 0.15) is 15.9 Å². The molecule has 0 unspecified atom stereocenters. The van der Waals surface area contributed by atoms with E-state index in [1.807, 2.05) is 47.4 Å². The number of benzene rings is 3. The van der Waals surface area contributed by atoms with Crippen LogP contribution >= 0.6 is 11.8 Å². The van der Waals surface area contributed by atoms with Gasteiger partial charge in [0.15, 0.2) is 0 Å². The molecule has 0 bridgehead atoms. The lowest BCUT2D eigenvalue weighted by molar-refractivity contribution is -0.159. The molecule has 35 heavy (non-hydrogen) atoms. The lowest BCUT2D eigenvalue weighted by atomic mass is 10.0. The van der Waals surface area contributed by atoms with Gasteiger partial charge in [-0.05, 0) is 47.2 Å². The van der Waals surface area contributed by atoms with Crippen molar-refractivity contribution in [3.63, 3.8) is 0 Å².